The fourth-order valence-electron chi connectivity index (χ4n) is 2.78. The molecule has 148 valence electrons. The lowest BCUT2D eigenvalue weighted by Crippen LogP contribution is -2.35. The van der Waals surface area contributed by atoms with E-state index in [2.05, 4.69) is 5.32 Å². The first-order chi connectivity index (χ1) is 14.1. The van der Waals surface area contributed by atoms with Gasteiger partial charge in [-0.3, -0.25) is 9.59 Å². The summed E-state index contributed by atoms with van der Waals surface area (Å²) in [7, 11) is 1.60. The molecule has 0 radical (unpaired) electrons. The predicted octanol–water partition coefficient (Wildman–Crippen LogP) is 4.91. The van der Waals surface area contributed by atoms with Gasteiger partial charge in [-0.2, -0.15) is 0 Å². The highest BCUT2D eigenvalue weighted by molar-refractivity contribution is 7.98. The second kappa shape index (κ2) is 9.80. The first-order valence-electron chi connectivity index (χ1n) is 9.08. The molecule has 3 rings (SSSR count). The maximum Gasteiger partial charge on any atom is 0.257 e. The number of nitrogens with zero attached hydrogens (tertiary/aromatic N) is 1. The van der Waals surface area contributed by atoms with E-state index >= 15 is 0 Å². The summed E-state index contributed by atoms with van der Waals surface area (Å²) in [5.74, 6) is 0.541. The third-order valence-corrected chi connectivity index (χ3v) is 4.99. The van der Waals surface area contributed by atoms with E-state index in [1.165, 1.54) is 4.90 Å². The van der Waals surface area contributed by atoms with E-state index in [0.717, 1.165) is 10.6 Å². The van der Waals surface area contributed by atoms with Crippen molar-refractivity contribution >= 4 is 29.3 Å². The molecule has 0 unspecified atom stereocenters. The Balaban J connectivity index is 1.69. The molecule has 29 heavy (non-hydrogen) atoms. The van der Waals surface area contributed by atoms with E-state index in [1.807, 2.05) is 60.9 Å². The van der Waals surface area contributed by atoms with Crippen molar-refractivity contribution in [3.05, 3.63) is 84.4 Å². The molecule has 6 heteroatoms. The molecule has 0 saturated heterocycles. The van der Waals surface area contributed by atoms with Crippen LogP contribution in [-0.2, 0) is 4.79 Å². The van der Waals surface area contributed by atoms with Crippen molar-refractivity contribution in [2.75, 3.05) is 25.2 Å². The van der Waals surface area contributed by atoms with Crippen LogP contribution < -0.4 is 10.1 Å². The molecule has 0 fully saturated rings. The highest BCUT2D eigenvalue weighted by atomic mass is 32.2. The van der Waals surface area contributed by atoms with Gasteiger partial charge in [-0.25, -0.2) is 0 Å². The number of carbonyl (C=O) groups excluding carboxylic acids is 2. The predicted molar refractivity (Wildman–Crippen MR) is 117 cm³/mol. The molecule has 3 aromatic carbocycles. The van der Waals surface area contributed by atoms with Gasteiger partial charge in [0.25, 0.3) is 5.91 Å². The van der Waals surface area contributed by atoms with Gasteiger partial charge in [0, 0.05) is 11.9 Å². The summed E-state index contributed by atoms with van der Waals surface area (Å²) in [5, 5.41) is 2.87. The monoisotopic (exact) mass is 406 g/mol. The summed E-state index contributed by atoms with van der Waals surface area (Å²) in [4.78, 5) is 27.7. The number of rotatable bonds is 7. The molecule has 3 aromatic rings. The SMILES string of the molecule is CSc1ccccc1NC(=O)CN(C)C(=O)c1ccccc1Oc1ccccc1. The minimum Gasteiger partial charge on any atom is -0.457 e. The molecule has 0 aliphatic heterocycles. The van der Waals surface area contributed by atoms with E-state index in [9.17, 15) is 9.59 Å². The number of nitrogens with one attached hydrogen (secondary N) is 1. The summed E-state index contributed by atoms with van der Waals surface area (Å²) in [6.45, 7) is -0.0682. The molecule has 0 bridgehead atoms. The number of ether oxygens (including phenoxy) is 1. The molecule has 0 aliphatic carbocycles. The van der Waals surface area contributed by atoms with Crippen LogP contribution in [0, 0.1) is 0 Å². The summed E-state index contributed by atoms with van der Waals surface area (Å²) in [6.07, 6.45) is 1.95. The normalized spacial score (nSPS) is 10.3. The Hall–Kier alpha value is -3.25. The van der Waals surface area contributed by atoms with Gasteiger partial charge >= 0.3 is 0 Å². The fourth-order valence-corrected chi connectivity index (χ4v) is 3.33. The Morgan fingerprint density at radius 1 is 0.931 bits per heavy atom. The Bertz CT molecular complexity index is 992. The van der Waals surface area contributed by atoms with Crippen LogP contribution >= 0.6 is 11.8 Å². The van der Waals surface area contributed by atoms with E-state index in [-0.39, 0.29) is 18.4 Å². The Kier molecular flexibility index (Phi) is 6.92. The maximum absolute atomic E-state index is 12.9. The van der Waals surface area contributed by atoms with Crippen LogP contribution in [-0.4, -0.2) is 36.6 Å². The molecular formula is C23H22N2O3S. The van der Waals surface area contributed by atoms with Crippen molar-refractivity contribution in [1.82, 2.24) is 4.90 Å². The molecule has 1 N–H and O–H groups in total. The molecular weight excluding hydrogens is 384 g/mol. The average Bonchev–Trinajstić information content (AvgIpc) is 2.74. The van der Waals surface area contributed by atoms with Crippen molar-refractivity contribution in [2.45, 2.75) is 4.90 Å². The first-order valence-corrected chi connectivity index (χ1v) is 10.3. The topological polar surface area (TPSA) is 58.6 Å². The Labute approximate surface area is 174 Å². The summed E-state index contributed by atoms with van der Waals surface area (Å²) < 4.78 is 5.86. The molecule has 0 atom stereocenters. The number of benzene rings is 3. The Morgan fingerprint density at radius 3 is 2.34 bits per heavy atom. The summed E-state index contributed by atoms with van der Waals surface area (Å²) >= 11 is 1.55. The van der Waals surface area contributed by atoms with Gasteiger partial charge in [-0.15, -0.1) is 11.8 Å². The van der Waals surface area contributed by atoms with Gasteiger partial charge in [0.2, 0.25) is 5.91 Å². The second-order valence-corrected chi connectivity index (χ2v) is 7.17. The van der Waals surface area contributed by atoms with Crippen molar-refractivity contribution in [2.24, 2.45) is 0 Å². The number of amides is 2. The van der Waals surface area contributed by atoms with Crippen molar-refractivity contribution in [3.63, 3.8) is 0 Å². The molecule has 0 saturated carbocycles. The minimum atomic E-state index is -0.287. The van der Waals surface area contributed by atoms with E-state index in [0.29, 0.717) is 17.1 Å². The third-order valence-electron chi connectivity index (χ3n) is 4.20. The largest absolute Gasteiger partial charge is 0.457 e. The van der Waals surface area contributed by atoms with Crippen LogP contribution in [0.5, 0.6) is 11.5 Å². The van der Waals surface area contributed by atoms with Crippen LogP contribution in [0.25, 0.3) is 0 Å². The van der Waals surface area contributed by atoms with Gasteiger partial charge in [-0.1, -0.05) is 42.5 Å². The number of para-hydroxylation sites is 3. The highest BCUT2D eigenvalue weighted by Crippen LogP contribution is 2.26. The van der Waals surface area contributed by atoms with Crippen LogP contribution in [0.3, 0.4) is 0 Å². The van der Waals surface area contributed by atoms with Crippen LogP contribution in [0.2, 0.25) is 0 Å². The summed E-state index contributed by atoms with van der Waals surface area (Å²) in [6, 6.07) is 23.8. The molecule has 0 heterocycles. The number of likely N-dealkylation sites (N-methyl/N-ethyl adjacent to an activating group) is 1. The molecule has 0 aliphatic rings. The minimum absolute atomic E-state index is 0.0682. The lowest BCUT2D eigenvalue weighted by molar-refractivity contribution is -0.116. The third kappa shape index (κ3) is 5.39. The number of thioether (sulfide) groups is 1. The van der Waals surface area contributed by atoms with Gasteiger partial charge in [0.05, 0.1) is 17.8 Å². The van der Waals surface area contributed by atoms with Crippen LogP contribution in [0.4, 0.5) is 5.69 Å². The van der Waals surface area contributed by atoms with Crippen molar-refractivity contribution < 1.29 is 14.3 Å². The maximum atomic E-state index is 12.9. The standard InChI is InChI=1S/C23H22N2O3S/c1-25(16-22(26)24-19-13-7-9-15-21(19)29-2)23(27)18-12-6-8-14-20(18)28-17-10-4-3-5-11-17/h3-15H,16H2,1-2H3,(H,24,26). The second-order valence-electron chi connectivity index (χ2n) is 6.32. The fraction of sp³-hybridized carbons (Fsp3) is 0.130. The lowest BCUT2D eigenvalue weighted by atomic mass is 10.1. The zero-order valence-electron chi connectivity index (χ0n) is 16.3. The van der Waals surface area contributed by atoms with Gasteiger partial charge in [0.15, 0.2) is 0 Å². The molecule has 5 nitrogen and oxygen atoms in total. The smallest absolute Gasteiger partial charge is 0.257 e. The molecule has 0 spiro atoms. The average molecular weight is 407 g/mol. The van der Waals surface area contributed by atoms with Gasteiger partial charge < -0.3 is 15.0 Å². The Morgan fingerprint density at radius 2 is 1.59 bits per heavy atom. The lowest BCUT2D eigenvalue weighted by Gasteiger charge is -2.19. The quantitative estimate of drug-likeness (QED) is 0.566. The van der Waals surface area contributed by atoms with Crippen LogP contribution in [0.15, 0.2) is 83.8 Å². The van der Waals surface area contributed by atoms with E-state index < -0.39 is 0 Å². The van der Waals surface area contributed by atoms with Crippen molar-refractivity contribution in [1.29, 1.82) is 0 Å². The number of hydrogen-bond acceptors (Lipinski definition) is 4. The van der Waals surface area contributed by atoms with E-state index in [4.69, 9.17) is 4.74 Å². The summed E-state index contributed by atoms with van der Waals surface area (Å²) in [5.41, 5.74) is 1.13. The van der Waals surface area contributed by atoms with Crippen LogP contribution in [0.1, 0.15) is 10.4 Å². The van der Waals surface area contributed by atoms with E-state index in [1.54, 1.807) is 43.1 Å². The molecule has 2 amide bonds. The van der Waals surface area contributed by atoms with Gasteiger partial charge in [0.1, 0.15) is 11.5 Å². The highest BCUT2D eigenvalue weighted by Gasteiger charge is 2.19. The number of anilines is 1. The van der Waals surface area contributed by atoms with Crippen molar-refractivity contribution in [3.8, 4) is 11.5 Å². The zero-order chi connectivity index (χ0) is 20.6. The number of hydrogen-bond donors (Lipinski definition) is 1. The van der Waals surface area contributed by atoms with Gasteiger partial charge in [-0.05, 0) is 42.7 Å². The zero-order valence-corrected chi connectivity index (χ0v) is 17.1. The first kappa shape index (κ1) is 20.5. The number of carbonyl (C=O) groups is 2. The molecule has 0 aromatic heterocycles.